The van der Waals surface area contributed by atoms with Crippen LogP contribution in [0.1, 0.15) is 51.0 Å². The second kappa shape index (κ2) is 8.54. The van der Waals surface area contributed by atoms with E-state index in [1.807, 2.05) is 18.7 Å². The zero-order valence-electron chi connectivity index (χ0n) is 17.1. The highest BCUT2D eigenvalue weighted by molar-refractivity contribution is 5.92. The molecule has 2 unspecified atom stereocenters. The van der Waals surface area contributed by atoms with E-state index in [1.165, 1.54) is 0 Å². The second-order valence-corrected chi connectivity index (χ2v) is 8.37. The fraction of sp³-hybridized carbons (Fsp3) is 0.524. The molecule has 0 saturated carbocycles. The third-order valence-corrected chi connectivity index (χ3v) is 4.85. The van der Waals surface area contributed by atoms with Gasteiger partial charge in [0.1, 0.15) is 17.8 Å². The minimum absolute atomic E-state index is 0.0231. The molecule has 2 aromatic rings. The standard InChI is InChI=1S/C21H29N5O2/c1-14(2)7-20(27)24-17-5-6-19(22-9-17)26-12-18(23-13-26)21(28)25-10-15(3)8-16(4)11-25/h5-6,9,12-16H,7-8,10-11H2,1-4H3,(H,24,27). The van der Waals surface area contributed by atoms with Gasteiger partial charge >= 0.3 is 0 Å². The highest BCUT2D eigenvalue weighted by Crippen LogP contribution is 2.22. The van der Waals surface area contributed by atoms with Gasteiger partial charge in [-0.05, 0) is 36.3 Å². The molecule has 7 nitrogen and oxygen atoms in total. The summed E-state index contributed by atoms with van der Waals surface area (Å²) in [6, 6.07) is 3.60. The molecule has 2 amide bonds. The Kier molecular flexibility index (Phi) is 6.11. The maximum Gasteiger partial charge on any atom is 0.274 e. The van der Waals surface area contributed by atoms with Crippen LogP contribution in [0.4, 0.5) is 5.69 Å². The number of carbonyl (C=O) groups is 2. The molecule has 28 heavy (non-hydrogen) atoms. The molecule has 0 bridgehead atoms. The van der Waals surface area contributed by atoms with Crippen LogP contribution in [0.15, 0.2) is 30.9 Å². The van der Waals surface area contributed by atoms with Crippen molar-refractivity contribution in [1.29, 1.82) is 0 Å². The Labute approximate surface area is 166 Å². The molecule has 1 aliphatic rings. The number of likely N-dealkylation sites (tertiary alicyclic amines) is 1. The van der Waals surface area contributed by atoms with Crippen LogP contribution in [0.25, 0.3) is 5.82 Å². The summed E-state index contributed by atoms with van der Waals surface area (Å²) < 4.78 is 1.73. The van der Waals surface area contributed by atoms with E-state index in [0.717, 1.165) is 19.5 Å². The van der Waals surface area contributed by atoms with E-state index in [4.69, 9.17) is 0 Å². The smallest absolute Gasteiger partial charge is 0.274 e. The van der Waals surface area contributed by atoms with E-state index in [2.05, 4.69) is 29.1 Å². The quantitative estimate of drug-likeness (QED) is 0.858. The molecular formula is C21H29N5O2. The maximum atomic E-state index is 12.8. The first-order valence-electron chi connectivity index (χ1n) is 9.91. The number of nitrogens with one attached hydrogen (secondary N) is 1. The zero-order chi connectivity index (χ0) is 20.3. The van der Waals surface area contributed by atoms with Crippen molar-refractivity contribution in [2.75, 3.05) is 18.4 Å². The number of rotatable bonds is 5. The van der Waals surface area contributed by atoms with Crippen molar-refractivity contribution in [3.05, 3.63) is 36.5 Å². The van der Waals surface area contributed by atoms with Gasteiger partial charge in [-0.2, -0.15) is 0 Å². The van der Waals surface area contributed by atoms with E-state index in [1.54, 1.807) is 35.4 Å². The molecule has 7 heteroatoms. The first-order valence-corrected chi connectivity index (χ1v) is 9.91. The van der Waals surface area contributed by atoms with Gasteiger partial charge in [-0.3, -0.25) is 14.2 Å². The van der Waals surface area contributed by atoms with Gasteiger partial charge in [-0.25, -0.2) is 9.97 Å². The number of piperidine rings is 1. The second-order valence-electron chi connectivity index (χ2n) is 8.37. The third-order valence-electron chi connectivity index (χ3n) is 4.85. The van der Waals surface area contributed by atoms with Crippen molar-refractivity contribution in [2.45, 2.75) is 40.5 Å². The normalized spacial score (nSPS) is 19.7. The SMILES string of the molecule is CC(C)CC(=O)Nc1ccc(-n2cnc(C(=O)N3CC(C)CC(C)C3)c2)nc1. The Balaban J connectivity index is 1.66. The van der Waals surface area contributed by atoms with E-state index in [-0.39, 0.29) is 11.8 Å². The Hall–Kier alpha value is -2.70. The number of hydrogen-bond donors (Lipinski definition) is 1. The molecule has 150 valence electrons. The molecule has 1 saturated heterocycles. The van der Waals surface area contributed by atoms with Crippen molar-refractivity contribution in [2.24, 2.45) is 17.8 Å². The lowest BCUT2D eigenvalue weighted by Gasteiger charge is -2.34. The van der Waals surface area contributed by atoms with Gasteiger partial charge in [0.2, 0.25) is 5.91 Å². The fourth-order valence-electron chi connectivity index (χ4n) is 3.74. The lowest BCUT2D eigenvalue weighted by atomic mass is 9.92. The molecule has 1 aliphatic heterocycles. The van der Waals surface area contributed by atoms with Crippen LogP contribution in [-0.2, 0) is 4.79 Å². The van der Waals surface area contributed by atoms with E-state index < -0.39 is 0 Å². The molecule has 0 spiro atoms. The van der Waals surface area contributed by atoms with Gasteiger partial charge in [0, 0.05) is 25.7 Å². The summed E-state index contributed by atoms with van der Waals surface area (Å²) in [6.07, 6.45) is 6.56. The summed E-state index contributed by atoms with van der Waals surface area (Å²) >= 11 is 0. The van der Waals surface area contributed by atoms with Crippen LogP contribution in [0.2, 0.25) is 0 Å². The van der Waals surface area contributed by atoms with Crippen LogP contribution < -0.4 is 5.32 Å². The number of pyridine rings is 1. The van der Waals surface area contributed by atoms with E-state index >= 15 is 0 Å². The zero-order valence-corrected chi connectivity index (χ0v) is 17.1. The van der Waals surface area contributed by atoms with Crippen LogP contribution >= 0.6 is 0 Å². The Bertz CT molecular complexity index is 818. The van der Waals surface area contributed by atoms with Gasteiger partial charge in [0.25, 0.3) is 5.91 Å². The lowest BCUT2D eigenvalue weighted by Crippen LogP contribution is -2.42. The van der Waals surface area contributed by atoms with E-state index in [9.17, 15) is 9.59 Å². The van der Waals surface area contributed by atoms with Crippen LogP contribution in [0.3, 0.4) is 0 Å². The molecule has 2 aromatic heterocycles. The molecule has 0 radical (unpaired) electrons. The number of nitrogens with zero attached hydrogens (tertiary/aromatic N) is 4. The molecule has 0 aliphatic carbocycles. The summed E-state index contributed by atoms with van der Waals surface area (Å²) in [4.78, 5) is 35.2. The summed E-state index contributed by atoms with van der Waals surface area (Å²) in [7, 11) is 0. The number of anilines is 1. The van der Waals surface area contributed by atoms with Gasteiger partial charge in [0.05, 0.1) is 11.9 Å². The van der Waals surface area contributed by atoms with Gasteiger partial charge in [-0.1, -0.05) is 27.7 Å². The minimum Gasteiger partial charge on any atom is -0.337 e. The molecular weight excluding hydrogens is 354 g/mol. The van der Waals surface area contributed by atoms with Crippen LogP contribution in [0, 0.1) is 17.8 Å². The Morgan fingerprint density at radius 2 is 1.89 bits per heavy atom. The number of amides is 2. The monoisotopic (exact) mass is 383 g/mol. The van der Waals surface area contributed by atoms with Crippen LogP contribution in [-0.4, -0.2) is 44.3 Å². The topological polar surface area (TPSA) is 80.1 Å². The van der Waals surface area contributed by atoms with Crippen molar-refractivity contribution in [3.63, 3.8) is 0 Å². The molecule has 3 rings (SSSR count). The first kappa shape index (κ1) is 20.0. The highest BCUT2D eigenvalue weighted by atomic mass is 16.2. The number of aromatic nitrogens is 3. The summed E-state index contributed by atoms with van der Waals surface area (Å²) in [6.45, 7) is 9.92. The fourth-order valence-corrected chi connectivity index (χ4v) is 3.74. The van der Waals surface area contributed by atoms with Gasteiger partial charge in [-0.15, -0.1) is 0 Å². The summed E-state index contributed by atoms with van der Waals surface area (Å²) in [5.74, 6) is 1.92. The van der Waals surface area contributed by atoms with Gasteiger partial charge < -0.3 is 10.2 Å². The predicted molar refractivity (Wildman–Crippen MR) is 108 cm³/mol. The van der Waals surface area contributed by atoms with Crippen molar-refractivity contribution in [1.82, 2.24) is 19.4 Å². The number of imidazole rings is 1. The largest absolute Gasteiger partial charge is 0.337 e. The summed E-state index contributed by atoms with van der Waals surface area (Å²) in [5, 5.41) is 2.84. The highest BCUT2D eigenvalue weighted by Gasteiger charge is 2.27. The Morgan fingerprint density at radius 3 is 2.50 bits per heavy atom. The number of carbonyl (C=O) groups excluding carboxylic acids is 2. The molecule has 1 fully saturated rings. The number of hydrogen-bond acceptors (Lipinski definition) is 4. The predicted octanol–water partition coefficient (Wildman–Crippen LogP) is 3.37. The average molecular weight is 383 g/mol. The van der Waals surface area contributed by atoms with Crippen molar-refractivity contribution < 1.29 is 9.59 Å². The Morgan fingerprint density at radius 1 is 1.18 bits per heavy atom. The summed E-state index contributed by atoms with van der Waals surface area (Å²) in [5.41, 5.74) is 1.08. The van der Waals surface area contributed by atoms with Gasteiger partial charge in [0.15, 0.2) is 0 Å². The first-order chi connectivity index (χ1) is 13.3. The molecule has 0 aromatic carbocycles. The van der Waals surface area contributed by atoms with E-state index in [0.29, 0.717) is 41.4 Å². The minimum atomic E-state index is -0.0327. The molecule has 3 heterocycles. The molecule has 1 N–H and O–H groups in total. The lowest BCUT2D eigenvalue weighted by molar-refractivity contribution is -0.116. The maximum absolute atomic E-state index is 12.8. The van der Waals surface area contributed by atoms with Crippen molar-refractivity contribution >= 4 is 17.5 Å². The van der Waals surface area contributed by atoms with Crippen molar-refractivity contribution in [3.8, 4) is 5.82 Å². The van der Waals surface area contributed by atoms with Crippen LogP contribution in [0.5, 0.6) is 0 Å². The average Bonchev–Trinajstić information content (AvgIpc) is 3.10. The molecule has 2 atom stereocenters. The third kappa shape index (κ3) is 4.97.